The Morgan fingerprint density at radius 3 is 2.31 bits per heavy atom. The van der Waals surface area contributed by atoms with E-state index in [9.17, 15) is 9.59 Å². The highest BCUT2D eigenvalue weighted by atomic mass is 16.6. The molecule has 3 rings (SSSR count). The van der Waals surface area contributed by atoms with Gasteiger partial charge in [-0.2, -0.15) is 5.10 Å². The first-order valence-corrected chi connectivity index (χ1v) is 8.75. The van der Waals surface area contributed by atoms with Crippen molar-refractivity contribution < 1.29 is 14.3 Å². The molecule has 0 spiro atoms. The number of aryl methyl sites for hydroxylation is 2. The zero-order valence-electron chi connectivity index (χ0n) is 15.9. The number of hydrogen-bond acceptors (Lipinski definition) is 5. The predicted molar refractivity (Wildman–Crippen MR) is 96.2 cm³/mol. The van der Waals surface area contributed by atoms with Crippen LogP contribution in [0.1, 0.15) is 42.5 Å². The number of aromatic nitrogens is 3. The van der Waals surface area contributed by atoms with Crippen LogP contribution in [0.2, 0.25) is 0 Å². The first-order valence-electron chi connectivity index (χ1n) is 8.75. The summed E-state index contributed by atoms with van der Waals surface area (Å²) in [4.78, 5) is 32.9. The molecule has 2 aromatic heterocycles. The lowest BCUT2D eigenvalue weighted by molar-refractivity contribution is 0.0141. The van der Waals surface area contributed by atoms with E-state index in [1.54, 1.807) is 20.5 Å². The van der Waals surface area contributed by atoms with Crippen LogP contribution in [0.25, 0.3) is 5.65 Å². The minimum Gasteiger partial charge on any atom is -0.444 e. The molecule has 26 heavy (non-hydrogen) atoms. The average Bonchev–Trinajstić information content (AvgIpc) is 2.96. The lowest BCUT2D eigenvalue weighted by Gasteiger charge is -2.35. The van der Waals surface area contributed by atoms with E-state index >= 15 is 0 Å². The first kappa shape index (κ1) is 18.2. The van der Waals surface area contributed by atoms with Crippen LogP contribution in [0.4, 0.5) is 4.79 Å². The summed E-state index contributed by atoms with van der Waals surface area (Å²) in [6.07, 6.45) is 1.23. The highest BCUT2D eigenvalue weighted by Gasteiger charge is 2.29. The van der Waals surface area contributed by atoms with Crippen LogP contribution in [0.3, 0.4) is 0 Å². The van der Waals surface area contributed by atoms with Gasteiger partial charge in [0.05, 0.1) is 6.20 Å². The summed E-state index contributed by atoms with van der Waals surface area (Å²) >= 11 is 0. The molecule has 1 aliphatic rings. The van der Waals surface area contributed by atoms with E-state index in [1.165, 1.54) is 0 Å². The standard InChI is InChI=1S/C18H25N5O3/c1-12-10-13(2)23-15(20-12)14(11-19-23)16(24)21-6-8-22(9-7-21)17(25)26-18(3,4)5/h10-11H,6-9H2,1-5H3. The fourth-order valence-corrected chi connectivity index (χ4v) is 3.01. The summed E-state index contributed by atoms with van der Waals surface area (Å²) in [6, 6.07) is 1.92. The summed E-state index contributed by atoms with van der Waals surface area (Å²) in [5, 5.41) is 4.28. The molecule has 1 fully saturated rings. The quantitative estimate of drug-likeness (QED) is 0.778. The Balaban J connectivity index is 1.71. The molecule has 0 radical (unpaired) electrons. The Morgan fingerprint density at radius 2 is 1.69 bits per heavy atom. The van der Waals surface area contributed by atoms with Crippen molar-refractivity contribution in [3.05, 3.63) is 29.2 Å². The second kappa shape index (κ2) is 6.59. The van der Waals surface area contributed by atoms with Gasteiger partial charge in [0.2, 0.25) is 0 Å². The molecule has 8 heteroatoms. The second-order valence-electron chi connectivity index (χ2n) is 7.59. The van der Waals surface area contributed by atoms with Gasteiger partial charge < -0.3 is 14.5 Å². The molecular weight excluding hydrogens is 334 g/mol. The Kier molecular flexibility index (Phi) is 4.60. The number of amides is 2. The Morgan fingerprint density at radius 1 is 1.08 bits per heavy atom. The van der Waals surface area contributed by atoms with Crippen LogP contribution in [0.15, 0.2) is 12.3 Å². The Hall–Kier alpha value is -2.64. The molecule has 0 aliphatic carbocycles. The molecule has 8 nitrogen and oxygen atoms in total. The lowest BCUT2D eigenvalue weighted by Crippen LogP contribution is -2.51. The second-order valence-corrected chi connectivity index (χ2v) is 7.59. The van der Waals surface area contributed by atoms with Crippen molar-refractivity contribution in [1.29, 1.82) is 0 Å². The van der Waals surface area contributed by atoms with Gasteiger partial charge in [0, 0.05) is 37.6 Å². The minimum absolute atomic E-state index is 0.110. The van der Waals surface area contributed by atoms with Gasteiger partial charge in [-0.05, 0) is 40.7 Å². The minimum atomic E-state index is -0.525. The van der Waals surface area contributed by atoms with Crippen molar-refractivity contribution in [2.24, 2.45) is 0 Å². The van der Waals surface area contributed by atoms with Gasteiger partial charge in [0.25, 0.3) is 5.91 Å². The van der Waals surface area contributed by atoms with E-state index in [4.69, 9.17) is 4.74 Å². The van der Waals surface area contributed by atoms with Gasteiger partial charge in [0.1, 0.15) is 11.2 Å². The largest absolute Gasteiger partial charge is 0.444 e. The maximum Gasteiger partial charge on any atom is 0.410 e. The lowest BCUT2D eigenvalue weighted by atomic mass is 10.2. The SMILES string of the molecule is Cc1cc(C)n2ncc(C(=O)N3CCN(C(=O)OC(C)(C)C)CC3)c2n1. The number of carbonyl (C=O) groups excluding carboxylic acids is 2. The normalized spacial score (nSPS) is 15.4. The van der Waals surface area contributed by atoms with E-state index in [2.05, 4.69) is 10.1 Å². The van der Waals surface area contributed by atoms with Gasteiger partial charge in [-0.1, -0.05) is 0 Å². The first-order chi connectivity index (χ1) is 12.2. The number of hydrogen-bond donors (Lipinski definition) is 0. The fourth-order valence-electron chi connectivity index (χ4n) is 3.01. The molecule has 0 unspecified atom stereocenters. The van der Waals surface area contributed by atoms with Gasteiger partial charge in [-0.3, -0.25) is 4.79 Å². The van der Waals surface area contributed by atoms with Crippen molar-refractivity contribution in [3.63, 3.8) is 0 Å². The van der Waals surface area contributed by atoms with E-state index in [-0.39, 0.29) is 12.0 Å². The van der Waals surface area contributed by atoms with E-state index in [0.29, 0.717) is 37.4 Å². The molecule has 0 bridgehead atoms. The van der Waals surface area contributed by atoms with Crippen LogP contribution in [-0.4, -0.2) is 68.2 Å². The molecule has 140 valence electrons. The summed E-state index contributed by atoms with van der Waals surface area (Å²) in [5.74, 6) is -0.110. The molecule has 0 saturated carbocycles. The maximum atomic E-state index is 12.9. The molecular formula is C18H25N5O3. The molecule has 0 N–H and O–H groups in total. The summed E-state index contributed by atoms with van der Waals surface area (Å²) in [5.41, 5.74) is 2.31. The van der Waals surface area contributed by atoms with E-state index in [0.717, 1.165) is 11.4 Å². The maximum absolute atomic E-state index is 12.9. The van der Waals surface area contributed by atoms with Crippen LogP contribution in [0, 0.1) is 13.8 Å². The van der Waals surface area contributed by atoms with Crippen molar-refractivity contribution in [2.75, 3.05) is 26.2 Å². The summed E-state index contributed by atoms with van der Waals surface area (Å²) < 4.78 is 7.07. The van der Waals surface area contributed by atoms with E-state index < -0.39 is 5.60 Å². The highest BCUT2D eigenvalue weighted by Crippen LogP contribution is 2.17. The topological polar surface area (TPSA) is 80.0 Å². The van der Waals surface area contributed by atoms with Crippen LogP contribution in [-0.2, 0) is 4.74 Å². The van der Waals surface area contributed by atoms with Crippen molar-refractivity contribution in [1.82, 2.24) is 24.4 Å². The van der Waals surface area contributed by atoms with Gasteiger partial charge in [-0.15, -0.1) is 0 Å². The van der Waals surface area contributed by atoms with Crippen molar-refractivity contribution >= 4 is 17.6 Å². The van der Waals surface area contributed by atoms with Gasteiger partial charge >= 0.3 is 6.09 Å². The molecule has 2 aromatic rings. The van der Waals surface area contributed by atoms with Crippen LogP contribution >= 0.6 is 0 Å². The molecule has 3 heterocycles. The van der Waals surface area contributed by atoms with E-state index in [1.807, 2.05) is 40.7 Å². The number of piperazine rings is 1. The Labute approximate surface area is 152 Å². The third kappa shape index (κ3) is 3.63. The molecule has 0 aromatic carbocycles. The van der Waals surface area contributed by atoms with Gasteiger partial charge in [0.15, 0.2) is 5.65 Å². The number of nitrogens with zero attached hydrogens (tertiary/aromatic N) is 5. The molecule has 1 aliphatic heterocycles. The third-order valence-electron chi connectivity index (χ3n) is 4.23. The van der Waals surface area contributed by atoms with Crippen molar-refractivity contribution in [3.8, 4) is 0 Å². The molecule has 0 atom stereocenters. The number of rotatable bonds is 1. The van der Waals surface area contributed by atoms with Crippen molar-refractivity contribution in [2.45, 2.75) is 40.2 Å². The third-order valence-corrected chi connectivity index (χ3v) is 4.23. The smallest absolute Gasteiger partial charge is 0.410 e. The monoisotopic (exact) mass is 359 g/mol. The molecule has 2 amide bonds. The van der Waals surface area contributed by atoms with Gasteiger partial charge in [-0.25, -0.2) is 14.3 Å². The van der Waals surface area contributed by atoms with Crippen LogP contribution in [0.5, 0.6) is 0 Å². The summed E-state index contributed by atoms with van der Waals surface area (Å²) in [7, 11) is 0. The number of carbonyl (C=O) groups is 2. The van der Waals surface area contributed by atoms with Crippen LogP contribution < -0.4 is 0 Å². The zero-order chi connectivity index (χ0) is 19.1. The highest BCUT2D eigenvalue weighted by molar-refractivity contribution is 5.99. The zero-order valence-corrected chi connectivity index (χ0v) is 15.9. The average molecular weight is 359 g/mol. The Bertz CT molecular complexity index is 844. The number of ether oxygens (including phenoxy) is 1. The molecule has 1 saturated heterocycles. The summed E-state index contributed by atoms with van der Waals surface area (Å²) in [6.45, 7) is 11.2. The fraction of sp³-hybridized carbons (Fsp3) is 0.556. The predicted octanol–water partition coefficient (Wildman–Crippen LogP) is 2.04. The number of fused-ring (bicyclic) bond motifs is 1.